The molecule has 0 aliphatic carbocycles. The third-order valence-corrected chi connectivity index (χ3v) is 5.26. The van der Waals surface area contributed by atoms with E-state index in [0.717, 1.165) is 0 Å². The van der Waals surface area contributed by atoms with Crippen LogP contribution >= 0.6 is 0 Å². The van der Waals surface area contributed by atoms with Gasteiger partial charge in [0.2, 0.25) is 5.91 Å². The number of carboxylic acids is 1. The summed E-state index contributed by atoms with van der Waals surface area (Å²) in [6.07, 6.45) is 3.09. The average Bonchev–Trinajstić information content (AvgIpc) is 3.29. The fraction of sp³-hybridized carbons (Fsp3) is 0.353. The van der Waals surface area contributed by atoms with Crippen molar-refractivity contribution in [3.05, 3.63) is 41.9 Å². The monoisotopic (exact) mass is 355 g/mol. The predicted molar refractivity (Wildman–Crippen MR) is 88.6 cm³/mol. The number of nitrogens with zero attached hydrogens (tertiary/aromatic N) is 4. The highest BCUT2D eigenvalue weighted by atomic mass is 16.4. The zero-order valence-corrected chi connectivity index (χ0v) is 14.0. The van der Waals surface area contributed by atoms with E-state index in [0.29, 0.717) is 17.1 Å². The fourth-order valence-corrected chi connectivity index (χ4v) is 3.74. The number of hydrogen-bond acceptors (Lipinski definition) is 5. The molecule has 26 heavy (non-hydrogen) atoms. The minimum Gasteiger partial charge on any atom is -0.481 e. The van der Waals surface area contributed by atoms with Gasteiger partial charge >= 0.3 is 5.97 Å². The highest BCUT2D eigenvalue weighted by Crippen LogP contribution is 2.40. The Hall–Kier alpha value is -3.23. The van der Waals surface area contributed by atoms with Crippen molar-refractivity contribution in [3.8, 4) is 5.82 Å². The number of rotatable bonds is 3. The predicted octanol–water partition coefficient (Wildman–Crippen LogP) is -0.151. The molecule has 0 spiro atoms. The van der Waals surface area contributed by atoms with Gasteiger partial charge in [0, 0.05) is 25.8 Å². The van der Waals surface area contributed by atoms with Gasteiger partial charge in [-0.1, -0.05) is 6.07 Å². The van der Waals surface area contributed by atoms with E-state index in [9.17, 15) is 19.5 Å². The first kappa shape index (κ1) is 16.2. The van der Waals surface area contributed by atoms with Crippen LogP contribution in [0, 0.1) is 18.3 Å². The lowest BCUT2D eigenvalue weighted by Crippen LogP contribution is -2.41. The summed E-state index contributed by atoms with van der Waals surface area (Å²) in [6.45, 7) is 1.89. The molecule has 2 saturated heterocycles. The van der Waals surface area contributed by atoms with Crippen LogP contribution in [0.15, 0.2) is 30.6 Å². The number of nitrogens with one attached hydrogen (secondary N) is 1. The van der Waals surface area contributed by atoms with Gasteiger partial charge in [-0.3, -0.25) is 14.4 Å². The molecule has 2 aromatic heterocycles. The number of hydrogen-bond donors (Lipinski definition) is 2. The first-order valence-electron chi connectivity index (χ1n) is 8.20. The number of aromatic nitrogens is 3. The van der Waals surface area contributed by atoms with Crippen LogP contribution in [0.1, 0.15) is 16.1 Å². The molecule has 2 aliphatic heterocycles. The first-order chi connectivity index (χ1) is 12.4. The standard InChI is InChI=1S/C17H17N5O4/c1-10-11(6-20-22(10)13-4-2-3-5-18-13)15(24)21-7-12-14(23)19-8-17(12,9-21)16(25)26/h2-6,12H,7-9H2,1H3,(H,19,23)(H,25,26)/t12-,17+/m0/s1. The molecule has 0 radical (unpaired) electrons. The van der Waals surface area contributed by atoms with Crippen molar-refractivity contribution < 1.29 is 19.5 Å². The van der Waals surface area contributed by atoms with Crippen molar-refractivity contribution in [2.24, 2.45) is 11.3 Å². The highest BCUT2D eigenvalue weighted by molar-refractivity contribution is 5.98. The van der Waals surface area contributed by atoms with Crippen molar-refractivity contribution >= 4 is 17.8 Å². The molecule has 2 fully saturated rings. The molecule has 0 bridgehead atoms. The van der Waals surface area contributed by atoms with Crippen molar-refractivity contribution in [1.29, 1.82) is 0 Å². The quantitative estimate of drug-likeness (QED) is 0.791. The Morgan fingerprint density at radius 2 is 2.19 bits per heavy atom. The molecule has 0 saturated carbocycles. The smallest absolute Gasteiger partial charge is 0.314 e. The second-order valence-corrected chi connectivity index (χ2v) is 6.66. The molecule has 4 rings (SSSR count). The van der Waals surface area contributed by atoms with E-state index < -0.39 is 17.3 Å². The van der Waals surface area contributed by atoms with Crippen LogP contribution < -0.4 is 5.32 Å². The van der Waals surface area contributed by atoms with E-state index in [1.54, 1.807) is 29.9 Å². The Bertz CT molecular complexity index is 909. The van der Waals surface area contributed by atoms with Crippen molar-refractivity contribution in [3.63, 3.8) is 0 Å². The number of fused-ring (bicyclic) bond motifs is 1. The Morgan fingerprint density at radius 1 is 1.38 bits per heavy atom. The van der Waals surface area contributed by atoms with Gasteiger partial charge in [0.15, 0.2) is 5.82 Å². The van der Waals surface area contributed by atoms with E-state index in [2.05, 4.69) is 15.4 Å². The molecule has 9 heteroatoms. The number of pyridine rings is 1. The summed E-state index contributed by atoms with van der Waals surface area (Å²) in [5, 5.41) is 16.4. The summed E-state index contributed by atoms with van der Waals surface area (Å²) in [7, 11) is 0. The summed E-state index contributed by atoms with van der Waals surface area (Å²) in [5.74, 6) is -1.84. The molecule has 2 aromatic rings. The van der Waals surface area contributed by atoms with Gasteiger partial charge in [0.05, 0.1) is 23.4 Å². The molecule has 0 unspecified atom stereocenters. The molecule has 4 heterocycles. The normalized spacial score (nSPS) is 24.4. The zero-order valence-electron chi connectivity index (χ0n) is 14.0. The van der Waals surface area contributed by atoms with Crippen LogP contribution in [0.5, 0.6) is 0 Å². The third-order valence-electron chi connectivity index (χ3n) is 5.26. The number of aliphatic carboxylic acids is 1. The Morgan fingerprint density at radius 3 is 2.85 bits per heavy atom. The van der Waals surface area contributed by atoms with Crippen LogP contribution in [0.25, 0.3) is 5.82 Å². The van der Waals surface area contributed by atoms with Crippen LogP contribution in [-0.4, -0.2) is 62.2 Å². The van der Waals surface area contributed by atoms with E-state index in [1.165, 1.54) is 11.1 Å². The Balaban J connectivity index is 1.63. The summed E-state index contributed by atoms with van der Waals surface area (Å²) in [4.78, 5) is 42.3. The van der Waals surface area contributed by atoms with E-state index >= 15 is 0 Å². The summed E-state index contributed by atoms with van der Waals surface area (Å²) < 4.78 is 1.56. The van der Waals surface area contributed by atoms with Gasteiger partial charge in [-0.05, 0) is 19.1 Å². The lowest BCUT2D eigenvalue weighted by Gasteiger charge is -2.21. The molecule has 2 amide bonds. The molecule has 9 nitrogen and oxygen atoms in total. The molecular formula is C17H17N5O4. The number of amides is 2. The molecular weight excluding hydrogens is 338 g/mol. The second-order valence-electron chi connectivity index (χ2n) is 6.66. The summed E-state index contributed by atoms with van der Waals surface area (Å²) >= 11 is 0. The van der Waals surface area contributed by atoms with E-state index in [-0.39, 0.29) is 31.4 Å². The molecule has 2 atom stereocenters. The maximum Gasteiger partial charge on any atom is 0.314 e. The first-order valence-corrected chi connectivity index (χ1v) is 8.20. The van der Waals surface area contributed by atoms with Gasteiger partial charge in [0.1, 0.15) is 5.41 Å². The van der Waals surface area contributed by atoms with Crippen molar-refractivity contribution in [2.75, 3.05) is 19.6 Å². The molecule has 2 N–H and O–H groups in total. The van der Waals surface area contributed by atoms with E-state index in [4.69, 9.17) is 0 Å². The summed E-state index contributed by atoms with van der Waals surface area (Å²) in [6, 6.07) is 5.38. The Kier molecular flexibility index (Phi) is 3.53. The van der Waals surface area contributed by atoms with Crippen LogP contribution in [0.2, 0.25) is 0 Å². The van der Waals surface area contributed by atoms with Crippen LogP contribution in [-0.2, 0) is 9.59 Å². The largest absolute Gasteiger partial charge is 0.481 e. The zero-order chi connectivity index (χ0) is 18.5. The van der Waals surface area contributed by atoms with Gasteiger partial charge < -0.3 is 15.3 Å². The maximum atomic E-state index is 12.9. The minimum absolute atomic E-state index is 0.00121. The number of likely N-dealkylation sites (tertiary alicyclic amines) is 1. The number of carbonyl (C=O) groups excluding carboxylic acids is 2. The van der Waals surface area contributed by atoms with Gasteiger partial charge in [-0.15, -0.1) is 0 Å². The SMILES string of the molecule is Cc1c(C(=O)N2C[C@H]3C(=O)NC[C@@]3(C(=O)O)C2)cnn1-c1ccccn1. The van der Waals surface area contributed by atoms with Crippen LogP contribution in [0.3, 0.4) is 0 Å². The molecule has 2 aliphatic rings. The maximum absolute atomic E-state index is 12.9. The van der Waals surface area contributed by atoms with Crippen molar-refractivity contribution in [2.45, 2.75) is 6.92 Å². The fourth-order valence-electron chi connectivity index (χ4n) is 3.74. The third kappa shape index (κ3) is 2.20. The minimum atomic E-state index is -1.25. The lowest BCUT2D eigenvalue weighted by atomic mass is 9.81. The van der Waals surface area contributed by atoms with Crippen molar-refractivity contribution in [1.82, 2.24) is 25.0 Å². The highest BCUT2D eigenvalue weighted by Gasteiger charge is 2.60. The average molecular weight is 355 g/mol. The molecule has 134 valence electrons. The van der Waals surface area contributed by atoms with Gasteiger partial charge in [-0.2, -0.15) is 5.10 Å². The van der Waals surface area contributed by atoms with Gasteiger partial charge in [0.25, 0.3) is 5.91 Å². The van der Waals surface area contributed by atoms with Gasteiger partial charge in [-0.25, -0.2) is 9.67 Å². The number of carboxylic acid groups (broad SMARTS) is 1. The number of carbonyl (C=O) groups is 3. The van der Waals surface area contributed by atoms with Crippen LogP contribution in [0.4, 0.5) is 0 Å². The Labute approximate surface area is 148 Å². The topological polar surface area (TPSA) is 117 Å². The molecule has 0 aromatic carbocycles. The van der Waals surface area contributed by atoms with E-state index in [1.807, 2.05) is 6.07 Å². The summed E-state index contributed by atoms with van der Waals surface area (Å²) in [5.41, 5.74) is -0.270. The second kappa shape index (κ2) is 5.65. The lowest BCUT2D eigenvalue weighted by molar-refractivity contribution is -0.149.